The molecule has 0 saturated heterocycles. The first kappa shape index (κ1) is 34.3. The van der Waals surface area contributed by atoms with E-state index in [0.29, 0.717) is 39.3 Å². The fourth-order valence-electron chi connectivity index (χ4n) is 2.70. The zero-order chi connectivity index (χ0) is 27.9. The molecule has 0 aromatic carbocycles. The lowest BCUT2D eigenvalue weighted by molar-refractivity contribution is -0.133. The van der Waals surface area contributed by atoms with Gasteiger partial charge in [0.05, 0.1) is 39.5 Å². The number of hydrogen-bond donors (Lipinski definition) is 3. The van der Waals surface area contributed by atoms with Crippen molar-refractivity contribution in [2.24, 2.45) is 0 Å². The summed E-state index contributed by atoms with van der Waals surface area (Å²) in [6, 6.07) is -1.06. The van der Waals surface area contributed by atoms with Crippen LogP contribution < -0.4 is 16.0 Å². The molecular weight excluding hydrogens is 490 g/mol. The molecule has 0 rings (SSSR count). The Kier molecular flexibility index (Phi) is 20.8. The van der Waals surface area contributed by atoms with Crippen LogP contribution in [-0.2, 0) is 47.7 Å². The molecule has 0 aliphatic carbocycles. The Balaban J connectivity index is 4.14. The van der Waals surface area contributed by atoms with E-state index in [2.05, 4.69) is 16.0 Å². The molecule has 1 unspecified atom stereocenters. The molecule has 0 bridgehead atoms. The van der Waals surface area contributed by atoms with E-state index < -0.39 is 23.8 Å². The molecule has 13 heteroatoms. The summed E-state index contributed by atoms with van der Waals surface area (Å²) in [4.78, 5) is 70.1. The molecule has 212 valence electrons. The van der Waals surface area contributed by atoms with Crippen LogP contribution in [0.5, 0.6) is 0 Å². The molecule has 0 saturated carbocycles. The van der Waals surface area contributed by atoms with Crippen molar-refractivity contribution in [2.45, 2.75) is 52.5 Å². The number of ether oxygens (including phenoxy) is 4. The molecule has 0 aliphatic heterocycles. The van der Waals surface area contributed by atoms with E-state index in [0.717, 1.165) is 0 Å². The van der Waals surface area contributed by atoms with E-state index in [9.17, 15) is 28.8 Å². The maximum absolute atomic E-state index is 12.3. The molecule has 3 amide bonds. The molecule has 37 heavy (non-hydrogen) atoms. The van der Waals surface area contributed by atoms with E-state index in [1.807, 2.05) is 6.92 Å². The summed E-state index contributed by atoms with van der Waals surface area (Å²) >= 11 is 0. The predicted molar refractivity (Wildman–Crippen MR) is 132 cm³/mol. The van der Waals surface area contributed by atoms with Crippen molar-refractivity contribution in [3.63, 3.8) is 0 Å². The summed E-state index contributed by atoms with van der Waals surface area (Å²) in [5.74, 6) is -2.14. The highest BCUT2D eigenvalue weighted by Gasteiger charge is 2.22. The van der Waals surface area contributed by atoms with Crippen LogP contribution in [0.25, 0.3) is 0 Å². The summed E-state index contributed by atoms with van der Waals surface area (Å²) < 4.78 is 20.9. The van der Waals surface area contributed by atoms with Gasteiger partial charge < -0.3 is 34.9 Å². The number of hydrogen-bond acceptors (Lipinski definition) is 10. The minimum absolute atomic E-state index is 0.0220. The number of carbonyl (C=O) groups is 6. The van der Waals surface area contributed by atoms with Gasteiger partial charge >= 0.3 is 0 Å². The third-order valence-electron chi connectivity index (χ3n) is 4.55. The predicted octanol–water partition coefficient (Wildman–Crippen LogP) is -0.903. The number of Topliss-reactive ketones (excluding diaryl/α,β-unsaturated/α-hetero) is 3. The Bertz CT molecular complexity index is 730. The number of nitrogens with one attached hydrogen (secondary N) is 3. The highest BCUT2D eigenvalue weighted by molar-refractivity contribution is 5.91. The van der Waals surface area contributed by atoms with E-state index >= 15 is 0 Å². The number of rotatable bonds is 24. The number of carbonyl (C=O) groups excluding carboxylic acids is 6. The second-order valence-electron chi connectivity index (χ2n) is 8.11. The monoisotopic (exact) mass is 531 g/mol. The first-order valence-corrected chi connectivity index (χ1v) is 12.3. The highest BCUT2D eigenvalue weighted by atomic mass is 16.5. The first-order valence-electron chi connectivity index (χ1n) is 12.3. The van der Waals surface area contributed by atoms with Crippen LogP contribution >= 0.6 is 0 Å². The van der Waals surface area contributed by atoms with E-state index in [1.54, 1.807) is 0 Å². The second kappa shape index (κ2) is 22.5. The average Bonchev–Trinajstić information content (AvgIpc) is 2.85. The van der Waals surface area contributed by atoms with Gasteiger partial charge in [-0.15, -0.1) is 0 Å². The van der Waals surface area contributed by atoms with Gasteiger partial charge in [0.25, 0.3) is 0 Å². The van der Waals surface area contributed by atoms with Gasteiger partial charge in [-0.25, -0.2) is 0 Å². The fraction of sp³-hybridized carbons (Fsp3) is 0.750. The maximum atomic E-state index is 12.3. The van der Waals surface area contributed by atoms with Gasteiger partial charge in [0.15, 0.2) is 5.78 Å². The lowest BCUT2D eigenvalue weighted by Gasteiger charge is -2.18. The molecule has 0 aliphatic rings. The smallest absolute Gasteiger partial charge is 0.246 e. The lowest BCUT2D eigenvalue weighted by atomic mass is 10.1. The van der Waals surface area contributed by atoms with Gasteiger partial charge in [0.2, 0.25) is 17.7 Å². The Labute approximate surface area is 217 Å². The Morgan fingerprint density at radius 2 is 1.27 bits per heavy atom. The summed E-state index contributed by atoms with van der Waals surface area (Å²) in [5, 5.41) is 7.29. The van der Waals surface area contributed by atoms with Crippen LogP contribution in [-0.4, -0.2) is 107 Å². The number of ketones is 3. The summed E-state index contributed by atoms with van der Waals surface area (Å²) in [6.45, 7) is 6.01. The van der Waals surface area contributed by atoms with Crippen molar-refractivity contribution in [2.75, 3.05) is 65.9 Å². The SMILES string of the molecule is CCOCCOCC(=O)CCCOCCOCC(=O)NC(CCC(=O)NCC(C)=O)C(=O)NCC(C)=O. The third-order valence-corrected chi connectivity index (χ3v) is 4.55. The van der Waals surface area contributed by atoms with E-state index in [-0.39, 0.29) is 69.7 Å². The quantitative estimate of drug-likeness (QED) is 0.132. The van der Waals surface area contributed by atoms with Gasteiger partial charge in [-0.05, 0) is 33.6 Å². The van der Waals surface area contributed by atoms with E-state index in [4.69, 9.17) is 18.9 Å². The van der Waals surface area contributed by atoms with Crippen LogP contribution in [0, 0.1) is 0 Å². The molecule has 0 aromatic rings. The van der Waals surface area contributed by atoms with Crippen molar-refractivity contribution >= 4 is 35.1 Å². The van der Waals surface area contributed by atoms with Crippen LogP contribution in [0.2, 0.25) is 0 Å². The Hall–Kier alpha value is -2.74. The fourth-order valence-corrected chi connectivity index (χ4v) is 2.70. The summed E-state index contributed by atoms with van der Waals surface area (Å²) in [6.07, 6.45) is 0.726. The van der Waals surface area contributed by atoms with Crippen molar-refractivity contribution in [3.8, 4) is 0 Å². The molecule has 0 spiro atoms. The maximum Gasteiger partial charge on any atom is 0.246 e. The summed E-state index contributed by atoms with van der Waals surface area (Å²) in [7, 11) is 0. The van der Waals surface area contributed by atoms with Crippen LogP contribution in [0.15, 0.2) is 0 Å². The van der Waals surface area contributed by atoms with Gasteiger partial charge in [-0.3, -0.25) is 28.8 Å². The molecule has 0 radical (unpaired) electrons. The molecule has 0 fully saturated rings. The van der Waals surface area contributed by atoms with Gasteiger partial charge in [-0.1, -0.05) is 0 Å². The molecule has 13 nitrogen and oxygen atoms in total. The topological polar surface area (TPSA) is 175 Å². The van der Waals surface area contributed by atoms with Gasteiger partial charge in [0.1, 0.15) is 30.8 Å². The zero-order valence-corrected chi connectivity index (χ0v) is 22.1. The molecule has 0 heterocycles. The molecular formula is C24H41N3O10. The standard InChI is InChI=1S/C24H41N3O10/c1-4-34-10-12-36-16-20(30)6-5-9-35-11-13-37-17-23(32)27-21(24(33)26-15-19(3)29)7-8-22(31)25-14-18(2)28/h21H,4-17H2,1-3H3,(H,25,31)(H,26,33)(H,27,32). The van der Waals surface area contributed by atoms with Crippen LogP contribution in [0.4, 0.5) is 0 Å². The molecule has 1 atom stereocenters. The minimum atomic E-state index is -1.06. The molecule has 0 aromatic heterocycles. The summed E-state index contributed by atoms with van der Waals surface area (Å²) in [5.41, 5.74) is 0. The third kappa shape index (κ3) is 22.2. The van der Waals surface area contributed by atoms with Crippen molar-refractivity contribution in [1.82, 2.24) is 16.0 Å². The normalized spacial score (nSPS) is 11.4. The van der Waals surface area contributed by atoms with Gasteiger partial charge in [-0.2, -0.15) is 0 Å². The van der Waals surface area contributed by atoms with Crippen molar-refractivity contribution < 1.29 is 47.7 Å². The van der Waals surface area contributed by atoms with Crippen molar-refractivity contribution in [1.29, 1.82) is 0 Å². The minimum Gasteiger partial charge on any atom is -0.379 e. The average molecular weight is 532 g/mol. The van der Waals surface area contributed by atoms with E-state index in [1.165, 1.54) is 13.8 Å². The first-order chi connectivity index (χ1) is 17.6. The Morgan fingerprint density at radius 1 is 0.676 bits per heavy atom. The zero-order valence-electron chi connectivity index (χ0n) is 22.1. The number of amides is 3. The largest absolute Gasteiger partial charge is 0.379 e. The lowest BCUT2D eigenvalue weighted by Crippen LogP contribution is -2.49. The Morgan fingerprint density at radius 3 is 1.92 bits per heavy atom. The van der Waals surface area contributed by atoms with Crippen molar-refractivity contribution in [3.05, 3.63) is 0 Å². The highest BCUT2D eigenvalue weighted by Crippen LogP contribution is 1.99. The van der Waals surface area contributed by atoms with Crippen LogP contribution in [0.1, 0.15) is 46.5 Å². The molecule has 3 N–H and O–H groups in total. The second-order valence-corrected chi connectivity index (χ2v) is 8.11. The van der Waals surface area contributed by atoms with Gasteiger partial charge in [0, 0.05) is 26.1 Å². The van der Waals surface area contributed by atoms with Crippen LogP contribution in [0.3, 0.4) is 0 Å².